The zero-order valence-electron chi connectivity index (χ0n) is 36.4. The topological polar surface area (TPSA) is 6.48 Å². The van der Waals surface area contributed by atoms with Crippen LogP contribution in [0.2, 0.25) is 39.3 Å². The van der Waals surface area contributed by atoms with Crippen LogP contribution in [0.15, 0.2) is 158 Å². The molecule has 0 bridgehead atoms. The number of anilines is 6. The van der Waals surface area contributed by atoms with E-state index < -0.39 is 16.1 Å². The fourth-order valence-electron chi connectivity index (χ4n) is 10.9. The van der Waals surface area contributed by atoms with Crippen molar-refractivity contribution >= 4 is 71.8 Å². The second kappa shape index (κ2) is 14.3. The van der Waals surface area contributed by atoms with Gasteiger partial charge in [0.25, 0.3) is 0 Å². The van der Waals surface area contributed by atoms with Crippen LogP contribution in [0.3, 0.4) is 0 Å². The first-order chi connectivity index (χ1) is 28.2. The Kier molecular flexibility index (Phi) is 9.37. The number of benzene rings is 8. The van der Waals surface area contributed by atoms with Gasteiger partial charge in [0.1, 0.15) is 0 Å². The van der Waals surface area contributed by atoms with Crippen LogP contribution in [0.1, 0.15) is 33.4 Å². The first kappa shape index (κ1) is 38.8. The molecule has 9 rings (SSSR count). The van der Waals surface area contributed by atoms with E-state index in [1.807, 2.05) is 0 Å². The molecule has 0 aliphatic heterocycles. The Balaban J connectivity index is 1.37. The highest BCUT2D eigenvalue weighted by Crippen LogP contribution is 2.62. The van der Waals surface area contributed by atoms with Gasteiger partial charge >= 0.3 is 0 Å². The molecular formula is C55H56N2Si2. The van der Waals surface area contributed by atoms with E-state index >= 15 is 0 Å². The van der Waals surface area contributed by atoms with Crippen molar-refractivity contribution in [3.8, 4) is 11.1 Å². The van der Waals surface area contributed by atoms with E-state index in [1.165, 1.54) is 88.9 Å². The summed E-state index contributed by atoms with van der Waals surface area (Å²) in [5.74, 6) is 0. The number of hydrogen-bond donors (Lipinski definition) is 0. The molecule has 0 saturated heterocycles. The molecule has 0 unspecified atom stereocenters. The lowest BCUT2D eigenvalue weighted by atomic mass is 9.91. The van der Waals surface area contributed by atoms with Crippen molar-refractivity contribution in [1.82, 2.24) is 0 Å². The molecule has 8 aromatic rings. The van der Waals surface area contributed by atoms with E-state index in [9.17, 15) is 0 Å². The van der Waals surface area contributed by atoms with Crippen LogP contribution in [0.4, 0.5) is 34.1 Å². The Morgan fingerprint density at radius 1 is 0.390 bits per heavy atom. The van der Waals surface area contributed by atoms with E-state index in [4.69, 9.17) is 0 Å². The minimum absolute atomic E-state index is 0.0826. The summed E-state index contributed by atoms with van der Waals surface area (Å²) < 4.78 is -0.0826. The summed E-state index contributed by atoms with van der Waals surface area (Å²) in [6.07, 6.45) is 0. The van der Waals surface area contributed by atoms with Gasteiger partial charge < -0.3 is 9.80 Å². The van der Waals surface area contributed by atoms with Gasteiger partial charge in [0.05, 0.1) is 16.1 Å². The molecule has 0 fully saturated rings. The molecule has 0 saturated carbocycles. The van der Waals surface area contributed by atoms with Crippen LogP contribution in [0.25, 0.3) is 32.7 Å². The smallest absolute Gasteiger partial charge is 0.0579 e. The van der Waals surface area contributed by atoms with Gasteiger partial charge in [0, 0.05) is 38.8 Å². The number of aryl methyl sites for hydroxylation is 4. The predicted molar refractivity (Wildman–Crippen MR) is 263 cm³/mol. The Morgan fingerprint density at radius 2 is 0.864 bits per heavy atom. The molecule has 0 spiro atoms. The lowest BCUT2D eigenvalue weighted by molar-refractivity contribution is 0.962. The van der Waals surface area contributed by atoms with Crippen LogP contribution in [0.5, 0.6) is 0 Å². The monoisotopic (exact) mass is 800 g/mol. The van der Waals surface area contributed by atoms with Gasteiger partial charge in [-0.3, -0.25) is 0 Å². The molecule has 4 heteroatoms. The highest BCUT2D eigenvalue weighted by molar-refractivity contribution is 7.00. The van der Waals surface area contributed by atoms with Gasteiger partial charge in [0.15, 0.2) is 0 Å². The molecular weight excluding hydrogens is 745 g/mol. The summed E-state index contributed by atoms with van der Waals surface area (Å²) in [7, 11) is -4.15. The molecule has 0 atom stereocenters. The molecule has 0 N–H and O–H groups in total. The lowest BCUT2D eigenvalue weighted by Gasteiger charge is -2.52. The number of nitrogens with zero attached hydrogens (tertiary/aromatic N) is 2. The van der Waals surface area contributed by atoms with Crippen molar-refractivity contribution in [2.24, 2.45) is 0 Å². The molecule has 0 radical (unpaired) electrons. The first-order valence-corrected chi connectivity index (χ1v) is 28.2. The summed E-state index contributed by atoms with van der Waals surface area (Å²) in [5, 5.41) is 5.40. The Morgan fingerprint density at radius 3 is 1.39 bits per heavy atom. The summed E-state index contributed by atoms with van der Waals surface area (Å²) in [6.45, 7) is 24.7. The summed E-state index contributed by atoms with van der Waals surface area (Å²) in [6, 6.07) is 59.6. The molecule has 294 valence electrons. The quantitative estimate of drug-likeness (QED) is 0.112. The molecule has 0 amide bonds. The van der Waals surface area contributed by atoms with E-state index in [0.717, 1.165) is 5.69 Å². The van der Waals surface area contributed by atoms with Gasteiger partial charge in [-0.15, -0.1) is 0 Å². The molecule has 2 nitrogen and oxygen atoms in total. The number of hydrogen-bond acceptors (Lipinski definition) is 2. The Bertz CT molecular complexity index is 2890. The number of fused-ring (bicyclic) bond motifs is 8. The van der Waals surface area contributed by atoms with Crippen molar-refractivity contribution in [2.45, 2.75) is 71.6 Å². The highest BCUT2D eigenvalue weighted by Gasteiger charge is 2.60. The highest BCUT2D eigenvalue weighted by atomic mass is 28.4. The second-order valence-electron chi connectivity index (χ2n) is 18.9. The summed E-state index contributed by atoms with van der Waals surface area (Å²) in [4.78, 5) is 4.96. The van der Waals surface area contributed by atoms with Crippen LogP contribution in [-0.4, -0.2) is 16.1 Å². The predicted octanol–water partition coefficient (Wildman–Crippen LogP) is 16.2. The standard InChI is InChI=1S/C55H56N2Si2/c1-37-25-27-39(3)51(33-37)56(41-19-13-11-14-20-41)43-29-31-47-49(35-43)45-23-17-18-24-46(45)53-48-32-30-44(36-50(48)55(54(47)53,58(5,6)7)59(8,9)10)57(42-21-15-12-16-22-42)52-34-38(2)26-28-40(52)4/h11-36H,1-10H3. The fraction of sp³-hybridized carbons (Fsp3) is 0.200. The minimum Gasteiger partial charge on any atom is -0.310 e. The zero-order chi connectivity index (χ0) is 41.4. The van der Waals surface area contributed by atoms with Crippen molar-refractivity contribution in [1.29, 1.82) is 0 Å². The van der Waals surface area contributed by atoms with Gasteiger partial charge in [-0.2, -0.15) is 0 Å². The molecule has 59 heavy (non-hydrogen) atoms. The molecule has 1 aliphatic rings. The van der Waals surface area contributed by atoms with Gasteiger partial charge in [-0.05, 0) is 154 Å². The minimum atomic E-state index is -2.07. The number of rotatable bonds is 8. The Hall–Kier alpha value is -5.69. The van der Waals surface area contributed by atoms with Crippen LogP contribution in [0, 0.1) is 27.7 Å². The summed E-state index contributed by atoms with van der Waals surface area (Å²) >= 11 is 0. The van der Waals surface area contributed by atoms with Gasteiger partial charge in [0.2, 0.25) is 0 Å². The fourth-order valence-corrected chi connectivity index (χ4v) is 24.0. The number of para-hydroxylation sites is 2. The zero-order valence-corrected chi connectivity index (χ0v) is 38.4. The third-order valence-corrected chi connectivity index (χ3v) is 23.1. The third kappa shape index (κ3) is 6.10. The van der Waals surface area contributed by atoms with Crippen molar-refractivity contribution in [3.05, 3.63) is 191 Å². The molecule has 0 heterocycles. The van der Waals surface area contributed by atoms with E-state index in [0.29, 0.717) is 0 Å². The average molecular weight is 801 g/mol. The van der Waals surface area contributed by atoms with Gasteiger partial charge in [-0.25, -0.2) is 0 Å². The summed E-state index contributed by atoms with van der Waals surface area (Å²) in [5.41, 5.74) is 18.2. The largest absolute Gasteiger partial charge is 0.310 e. The molecule has 8 aromatic carbocycles. The maximum Gasteiger partial charge on any atom is 0.0579 e. The maximum absolute atomic E-state index is 2.64. The van der Waals surface area contributed by atoms with Crippen molar-refractivity contribution < 1.29 is 0 Å². The van der Waals surface area contributed by atoms with Crippen LogP contribution in [-0.2, 0) is 4.66 Å². The first-order valence-electron chi connectivity index (χ1n) is 21.2. The van der Waals surface area contributed by atoms with E-state index in [1.54, 1.807) is 5.56 Å². The maximum atomic E-state index is 2.64. The van der Waals surface area contributed by atoms with Crippen LogP contribution < -0.4 is 9.80 Å². The lowest BCUT2D eigenvalue weighted by Crippen LogP contribution is -2.63. The molecule has 0 aromatic heterocycles. The van der Waals surface area contributed by atoms with E-state index in [-0.39, 0.29) is 4.66 Å². The SMILES string of the molecule is Cc1ccc(C)c(N(c2ccccc2)c2ccc3c(c2)C([Si](C)(C)C)([Si](C)(C)C)c2c-3c3ccccc3c3cc(N(c4ccccc4)c4cc(C)ccc4C)ccc23)c1. The Labute approximate surface area is 353 Å². The van der Waals surface area contributed by atoms with Gasteiger partial charge in [-0.1, -0.05) is 136 Å². The van der Waals surface area contributed by atoms with Crippen molar-refractivity contribution in [3.63, 3.8) is 0 Å². The van der Waals surface area contributed by atoms with Crippen molar-refractivity contribution in [2.75, 3.05) is 9.80 Å². The van der Waals surface area contributed by atoms with E-state index in [2.05, 4.69) is 235 Å². The third-order valence-electron chi connectivity index (χ3n) is 13.1. The average Bonchev–Trinajstić information content (AvgIpc) is 3.54. The van der Waals surface area contributed by atoms with Crippen LogP contribution >= 0.6 is 0 Å². The second-order valence-corrected chi connectivity index (χ2v) is 29.9. The molecule has 1 aliphatic carbocycles. The normalized spacial score (nSPS) is 13.4.